The van der Waals surface area contributed by atoms with Crippen LogP contribution in [0.1, 0.15) is 53.4 Å². The summed E-state index contributed by atoms with van der Waals surface area (Å²) in [5.74, 6) is 1.60. The van der Waals surface area contributed by atoms with Crippen LogP contribution in [0.2, 0.25) is 0 Å². The maximum atomic E-state index is 5.91. The molecule has 0 aromatic rings. The largest absolute Gasteiger partial charge is 0.328 e. The Morgan fingerprint density at radius 2 is 1.75 bits per heavy atom. The zero-order chi connectivity index (χ0) is 12.2. The summed E-state index contributed by atoms with van der Waals surface area (Å²) in [6, 6.07) is 0.475. The van der Waals surface area contributed by atoms with E-state index in [0.717, 1.165) is 18.4 Å². The number of rotatable bonds is 5. The lowest BCUT2D eigenvalue weighted by Crippen LogP contribution is -2.37. The highest BCUT2D eigenvalue weighted by molar-refractivity contribution is 4.78. The highest BCUT2D eigenvalue weighted by atomic mass is 14.9. The molecule has 1 rings (SSSR count). The van der Waals surface area contributed by atoms with Gasteiger partial charge in [-0.1, -0.05) is 27.7 Å². The Labute approximate surface area is 101 Å². The van der Waals surface area contributed by atoms with Crippen molar-refractivity contribution in [3.8, 4) is 0 Å². The van der Waals surface area contributed by atoms with Gasteiger partial charge in [-0.2, -0.15) is 0 Å². The van der Waals surface area contributed by atoms with Crippen LogP contribution in [0.4, 0.5) is 0 Å². The van der Waals surface area contributed by atoms with Gasteiger partial charge in [0, 0.05) is 12.6 Å². The van der Waals surface area contributed by atoms with Crippen LogP contribution in [-0.4, -0.2) is 19.1 Å². The van der Waals surface area contributed by atoms with E-state index in [1.165, 1.54) is 32.2 Å². The lowest BCUT2D eigenvalue weighted by atomic mass is 9.81. The molecule has 2 nitrogen and oxygen atoms in total. The normalized spacial score (nSPS) is 27.4. The minimum atomic E-state index is 0.408. The van der Waals surface area contributed by atoms with E-state index < -0.39 is 0 Å². The van der Waals surface area contributed by atoms with E-state index in [1.807, 2.05) is 0 Å². The first-order chi connectivity index (χ1) is 7.42. The molecule has 96 valence electrons. The SMILES string of the molecule is CC(C)C(C)(C)CNCC1CCC(N)CC1. The molecular formula is C14H30N2. The molecule has 0 heterocycles. The Bertz CT molecular complexity index is 191. The van der Waals surface area contributed by atoms with Crippen molar-refractivity contribution >= 4 is 0 Å². The van der Waals surface area contributed by atoms with Crippen molar-refractivity contribution in [1.29, 1.82) is 0 Å². The third kappa shape index (κ3) is 4.42. The van der Waals surface area contributed by atoms with Crippen LogP contribution in [0.3, 0.4) is 0 Å². The van der Waals surface area contributed by atoms with Crippen molar-refractivity contribution in [2.45, 2.75) is 59.4 Å². The van der Waals surface area contributed by atoms with Gasteiger partial charge in [0.05, 0.1) is 0 Å². The van der Waals surface area contributed by atoms with Gasteiger partial charge in [0.15, 0.2) is 0 Å². The van der Waals surface area contributed by atoms with Gasteiger partial charge < -0.3 is 11.1 Å². The third-order valence-corrected chi connectivity index (χ3v) is 4.47. The molecule has 2 heteroatoms. The van der Waals surface area contributed by atoms with Crippen LogP contribution in [0.25, 0.3) is 0 Å². The summed E-state index contributed by atoms with van der Waals surface area (Å²) in [6.45, 7) is 11.6. The predicted octanol–water partition coefficient (Wildman–Crippen LogP) is 2.78. The average Bonchev–Trinajstić information content (AvgIpc) is 2.20. The maximum absolute atomic E-state index is 5.91. The standard InChI is InChI=1S/C14H30N2/c1-11(2)14(3,4)10-16-9-12-5-7-13(15)8-6-12/h11-13,16H,5-10,15H2,1-4H3. The van der Waals surface area contributed by atoms with Crippen molar-refractivity contribution in [2.24, 2.45) is 23.0 Å². The van der Waals surface area contributed by atoms with Crippen LogP contribution in [0, 0.1) is 17.3 Å². The van der Waals surface area contributed by atoms with E-state index in [-0.39, 0.29) is 0 Å². The maximum Gasteiger partial charge on any atom is 0.00390 e. The van der Waals surface area contributed by atoms with E-state index in [2.05, 4.69) is 33.0 Å². The second kappa shape index (κ2) is 6.02. The fourth-order valence-corrected chi connectivity index (χ4v) is 2.19. The Hall–Kier alpha value is -0.0800. The number of nitrogens with two attached hydrogens (primary N) is 1. The molecule has 0 bridgehead atoms. The first kappa shape index (κ1) is 14.0. The average molecular weight is 226 g/mol. The van der Waals surface area contributed by atoms with E-state index >= 15 is 0 Å². The van der Waals surface area contributed by atoms with Crippen molar-refractivity contribution in [3.63, 3.8) is 0 Å². The van der Waals surface area contributed by atoms with Gasteiger partial charge in [-0.15, -0.1) is 0 Å². The third-order valence-electron chi connectivity index (χ3n) is 4.47. The monoisotopic (exact) mass is 226 g/mol. The van der Waals surface area contributed by atoms with Gasteiger partial charge in [-0.05, 0) is 49.5 Å². The first-order valence-electron chi connectivity index (χ1n) is 6.88. The molecule has 1 aliphatic carbocycles. The number of nitrogens with one attached hydrogen (secondary N) is 1. The molecule has 1 fully saturated rings. The molecule has 0 aliphatic heterocycles. The molecule has 0 aromatic carbocycles. The Morgan fingerprint density at radius 1 is 1.19 bits per heavy atom. The van der Waals surface area contributed by atoms with Crippen molar-refractivity contribution in [2.75, 3.05) is 13.1 Å². The van der Waals surface area contributed by atoms with Crippen molar-refractivity contribution < 1.29 is 0 Å². The zero-order valence-corrected chi connectivity index (χ0v) is 11.6. The smallest absolute Gasteiger partial charge is 0.00390 e. The first-order valence-corrected chi connectivity index (χ1v) is 6.88. The fourth-order valence-electron chi connectivity index (χ4n) is 2.19. The van der Waals surface area contributed by atoms with Crippen LogP contribution < -0.4 is 11.1 Å². The molecule has 16 heavy (non-hydrogen) atoms. The quantitative estimate of drug-likeness (QED) is 0.756. The van der Waals surface area contributed by atoms with Crippen molar-refractivity contribution in [1.82, 2.24) is 5.32 Å². The molecule has 0 aromatic heterocycles. The number of hydrogen-bond donors (Lipinski definition) is 2. The topological polar surface area (TPSA) is 38.0 Å². The fraction of sp³-hybridized carbons (Fsp3) is 1.00. The van der Waals surface area contributed by atoms with E-state index in [4.69, 9.17) is 5.73 Å². The Morgan fingerprint density at radius 3 is 2.25 bits per heavy atom. The molecule has 0 spiro atoms. The lowest BCUT2D eigenvalue weighted by Gasteiger charge is -2.32. The summed E-state index contributed by atoms with van der Waals surface area (Å²) in [6.07, 6.45) is 5.08. The number of hydrogen-bond acceptors (Lipinski definition) is 2. The van der Waals surface area contributed by atoms with Gasteiger partial charge in [0.1, 0.15) is 0 Å². The van der Waals surface area contributed by atoms with Crippen LogP contribution >= 0.6 is 0 Å². The highest BCUT2D eigenvalue weighted by Crippen LogP contribution is 2.26. The summed E-state index contributed by atoms with van der Waals surface area (Å²) in [5, 5.41) is 3.65. The molecule has 1 aliphatic rings. The van der Waals surface area contributed by atoms with Crippen LogP contribution in [-0.2, 0) is 0 Å². The van der Waals surface area contributed by atoms with Gasteiger partial charge in [-0.25, -0.2) is 0 Å². The summed E-state index contributed by atoms with van der Waals surface area (Å²) in [7, 11) is 0. The molecular weight excluding hydrogens is 196 g/mol. The second-order valence-electron chi connectivity index (χ2n) is 6.55. The van der Waals surface area contributed by atoms with Crippen LogP contribution in [0.5, 0.6) is 0 Å². The second-order valence-corrected chi connectivity index (χ2v) is 6.55. The molecule has 0 amide bonds. The van der Waals surface area contributed by atoms with E-state index in [9.17, 15) is 0 Å². The summed E-state index contributed by atoms with van der Waals surface area (Å²) in [4.78, 5) is 0. The summed E-state index contributed by atoms with van der Waals surface area (Å²) < 4.78 is 0. The van der Waals surface area contributed by atoms with Gasteiger partial charge in [-0.3, -0.25) is 0 Å². The highest BCUT2D eigenvalue weighted by Gasteiger charge is 2.23. The van der Waals surface area contributed by atoms with Gasteiger partial charge in [0.25, 0.3) is 0 Å². The molecule has 0 radical (unpaired) electrons. The minimum Gasteiger partial charge on any atom is -0.328 e. The minimum absolute atomic E-state index is 0.408. The molecule has 0 saturated heterocycles. The predicted molar refractivity (Wildman–Crippen MR) is 71.4 cm³/mol. The zero-order valence-electron chi connectivity index (χ0n) is 11.6. The van der Waals surface area contributed by atoms with Gasteiger partial charge >= 0.3 is 0 Å². The van der Waals surface area contributed by atoms with Crippen molar-refractivity contribution in [3.05, 3.63) is 0 Å². The molecule has 1 saturated carbocycles. The summed E-state index contributed by atoms with van der Waals surface area (Å²) in [5.41, 5.74) is 6.32. The molecule has 0 atom stereocenters. The lowest BCUT2D eigenvalue weighted by molar-refractivity contribution is 0.224. The molecule has 0 unspecified atom stereocenters. The Balaban J connectivity index is 2.16. The van der Waals surface area contributed by atoms with Gasteiger partial charge in [0.2, 0.25) is 0 Å². The summed E-state index contributed by atoms with van der Waals surface area (Å²) >= 11 is 0. The van der Waals surface area contributed by atoms with E-state index in [1.54, 1.807) is 0 Å². The Kier molecular flexibility index (Phi) is 5.26. The van der Waals surface area contributed by atoms with Crippen LogP contribution in [0.15, 0.2) is 0 Å². The molecule has 3 N–H and O–H groups in total. The van der Waals surface area contributed by atoms with E-state index in [0.29, 0.717) is 11.5 Å².